The average Bonchev–Trinajstić information content (AvgIpc) is 2.52. The van der Waals surface area contributed by atoms with E-state index in [2.05, 4.69) is 6.92 Å². The van der Waals surface area contributed by atoms with Crippen molar-refractivity contribution in [2.75, 3.05) is 5.75 Å². The third kappa shape index (κ3) is 2.70. The van der Waals surface area contributed by atoms with E-state index in [9.17, 15) is 9.50 Å². The fraction of sp³-hybridized carbons (Fsp3) is 0.500. The third-order valence-electron chi connectivity index (χ3n) is 2.84. The van der Waals surface area contributed by atoms with Gasteiger partial charge in [-0.3, -0.25) is 0 Å². The van der Waals surface area contributed by atoms with Crippen LogP contribution in [0.3, 0.4) is 0 Å². The van der Waals surface area contributed by atoms with Gasteiger partial charge in [0.05, 0.1) is 5.60 Å². The number of benzene rings is 1. The average molecular weight is 261 g/mol. The van der Waals surface area contributed by atoms with Crippen molar-refractivity contribution in [3.05, 3.63) is 34.6 Å². The number of rotatable bonds is 2. The van der Waals surface area contributed by atoms with Gasteiger partial charge in [0, 0.05) is 22.4 Å². The largest absolute Gasteiger partial charge is 0.389 e. The molecule has 1 fully saturated rings. The second-order valence-corrected chi connectivity index (χ2v) is 6.30. The van der Waals surface area contributed by atoms with Crippen LogP contribution in [0.2, 0.25) is 5.02 Å². The van der Waals surface area contributed by atoms with Gasteiger partial charge in [-0.2, -0.15) is 11.8 Å². The molecule has 0 bridgehead atoms. The first-order valence-corrected chi connectivity index (χ1v) is 6.69. The molecule has 2 atom stereocenters. The van der Waals surface area contributed by atoms with Crippen molar-refractivity contribution < 1.29 is 9.50 Å². The number of aliphatic hydroxyl groups is 1. The summed E-state index contributed by atoms with van der Waals surface area (Å²) in [7, 11) is 0. The second kappa shape index (κ2) is 4.55. The Hall–Kier alpha value is -0.250. The first-order valence-electron chi connectivity index (χ1n) is 5.26. The number of hydrogen-bond donors (Lipinski definition) is 1. The number of hydrogen-bond acceptors (Lipinski definition) is 2. The maximum atomic E-state index is 12.9. The van der Waals surface area contributed by atoms with Gasteiger partial charge in [-0.25, -0.2) is 4.39 Å². The Bertz CT molecular complexity index is 399. The van der Waals surface area contributed by atoms with Crippen LogP contribution in [0.15, 0.2) is 18.2 Å². The van der Waals surface area contributed by atoms with Crippen molar-refractivity contribution in [3.8, 4) is 0 Å². The summed E-state index contributed by atoms with van der Waals surface area (Å²) < 4.78 is 12.9. The zero-order valence-corrected chi connectivity index (χ0v) is 10.6. The van der Waals surface area contributed by atoms with Crippen LogP contribution in [0.4, 0.5) is 4.39 Å². The predicted octanol–water partition coefficient (Wildman–Crippen LogP) is 3.28. The summed E-state index contributed by atoms with van der Waals surface area (Å²) in [6, 6.07) is 4.34. The minimum Gasteiger partial charge on any atom is -0.389 e. The van der Waals surface area contributed by atoms with Crippen LogP contribution in [-0.2, 0) is 6.42 Å². The van der Waals surface area contributed by atoms with Gasteiger partial charge in [-0.1, -0.05) is 24.6 Å². The lowest BCUT2D eigenvalue weighted by molar-refractivity contribution is 0.0642. The highest BCUT2D eigenvalue weighted by Gasteiger charge is 2.36. The van der Waals surface area contributed by atoms with Crippen LogP contribution < -0.4 is 0 Å². The minimum atomic E-state index is -0.689. The monoisotopic (exact) mass is 260 g/mol. The van der Waals surface area contributed by atoms with Crippen molar-refractivity contribution in [2.45, 2.75) is 30.6 Å². The SMILES string of the molecule is CC1CC(O)(Cc2ccc(F)cc2Cl)CS1. The highest BCUT2D eigenvalue weighted by atomic mass is 35.5. The van der Waals surface area contributed by atoms with Crippen molar-refractivity contribution in [1.82, 2.24) is 0 Å². The zero-order chi connectivity index (χ0) is 11.8. The molecule has 1 N–H and O–H groups in total. The Kier molecular flexibility index (Phi) is 3.48. The minimum absolute atomic E-state index is 0.338. The van der Waals surface area contributed by atoms with E-state index in [0.717, 1.165) is 17.7 Å². The highest BCUT2D eigenvalue weighted by Crippen LogP contribution is 2.37. The van der Waals surface area contributed by atoms with Crippen LogP contribution in [0, 0.1) is 5.82 Å². The molecule has 1 heterocycles. The summed E-state index contributed by atoms with van der Waals surface area (Å²) in [5.74, 6) is 0.386. The lowest BCUT2D eigenvalue weighted by Crippen LogP contribution is -2.31. The van der Waals surface area contributed by atoms with E-state index in [-0.39, 0.29) is 5.82 Å². The zero-order valence-electron chi connectivity index (χ0n) is 9.04. The van der Waals surface area contributed by atoms with E-state index >= 15 is 0 Å². The Balaban J connectivity index is 2.14. The summed E-state index contributed by atoms with van der Waals surface area (Å²) in [6.07, 6.45) is 1.27. The molecule has 2 rings (SSSR count). The quantitative estimate of drug-likeness (QED) is 0.881. The maximum Gasteiger partial charge on any atom is 0.124 e. The molecule has 0 radical (unpaired) electrons. The Labute approximate surface area is 104 Å². The third-order valence-corrected chi connectivity index (χ3v) is 4.63. The normalized spacial score (nSPS) is 29.6. The molecule has 0 aliphatic carbocycles. The summed E-state index contributed by atoms with van der Waals surface area (Å²) >= 11 is 7.71. The molecule has 1 nitrogen and oxygen atoms in total. The Morgan fingerprint density at radius 3 is 2.94 bits per heavy atom. The van der Waals surface area contributed by atoms with E-state index in [0.29, 0.717) is 16.7 Å². The first-order chi connectivity index (χ1) is 7.48. The molecule has 0 spiro atoms. The molecular formula is C12H14ClFOS. The van der Waals surface area contributed by atoms with E-state index in [1.165, 1.54) is 12.1 Å². The molecule has 1 aromatic rings. The van der Waals surface area contributed by atoms with E-state index in [1.54, 1.807) is 17.8 Å². The molecule has 1 aliphatic rings. The van der Waals surface area contributed by atoms with E-state index < -0.39 is 5.60 Å². The van der Waals surface area contributed by atoms with Gasteiger partial charge in [0.15, 0.2) is 0 Å². The molecule has 0 saturated carbocycles. The first kappa shape index (κ1) is 12.2. The van der Waals surface area contributed by atoms with Gasteiger partial charge in [-0.05, 0) is 24.1 Å². The predicted molar refractivity (Wildman–Crippen MR) is 66.6 cm³/mol. The molecular weight excluding hydrogens is 247 g/mol. The maximum absolute atomic E-state index is 12.9. The summed E-state index contributed by atoms with van der Waals surface area (Å²) in [4.78, 5) is 0. The lowest BCUT2D eigenvalue weighted by Gasteiger charge is -2.22. The van der Waals surface area contributed by atoms with E-state index in [1.807, 2.05) is 0 Å². The van der Waals surface area contributed by atoms with Crippen LogP contribution >= 0.6 is 23.4 Å². The Morgan fingerprint density at radius 2 is 2.38 bits per heavy atom. The van der Waals surface area contributed by atoms with Crippen LogP contribution in [0.5, 0.6) is 0 Å². The number of thioether (sulfide) groups is 1. The second-order valence-electron chi connectivity index (χ2n) is 4.46. The van der Waals surface area contributed by atoms with Gasteiger partial charge in [0.25, 0.3) is 0 Å². The standard InChI is InChI=1S/C12H14ClFOS/c1-8-5-12(15,7-16-8)6-9-2-3-10(14)4-11(9)13/h2-4,8,15H,5-7H2,1H3. The summed E-state index contributed by atoms with van der Waals surface area (Å²) in [5.41, 5.74) is 0.131. The molecule has 0 aromatic heterocycles. The van der Waals surface area contributed by atoms with Gasteiger partial charge in [0.1, 0.15) is 5.82 Å². The number of halogens is 2. The van der Waals surface area contributed by atoms with Gasteiger partial charge in [-0.15, -0.1) is 0 Å². The Morgan fingerprint density at radius 1 is 1.62 bits per heavy atom. The molecule has 1 aliphatic heterocycles. The van der Waals surface area contributed by atoms with Crippen LogP contribution in [0.25, 0.3) is 0 Å². The topological polar surface area (TPSA) is 20.2 Å². The van der Waals surface area contributed by atoms with Crippen LogP contribution in [0.1, 0.15) is 18.9 Å². The highest BCUT2D eigenvalue weighted by molar-refractivity contribution is 8.00. The molecule has 16 heavy (non-hydrogen) atoms. The van der Waals surface area contributed by atoms with Crippen LogP contribution in [-0.4, -0.2) is 21.7 Å². The van der Waals surface area contributed by atoms with E-state index in [4.69, 9.17) is 11.6 Å². The molecule has 0 amide bonds. The smallest absolute Gasteiger partial charge is 0.124 e. The van der Waals surface area contributed by atoms with Crippen molar-refractivity contribution in [2.24, 2.45) is 0 Å². The summed E-state index contributed by atoms with van der Waals surface area (Å²) in [5, 5.41) is 11.2. The van der Waals surface area contributed by atoms with Crippen molar-refractivity contribution >= 4 is 23.4 Å². The summed E-state index contributed by atoms with van der Waals surface area (Å²) in [6.45, 7) is 2.11. The van der Waals surface area contributed by atoms with Crippen molar-refractivity contribution in [1.29, 1.82) is 0 Å². The lowest BCUT2D eigenvalue weighted by atomic mass is 9.92. The van der Waals surface area contributed by atoms with Crippen molar-refractivity contribution in [3.63, 3.8) is 0 Å². The van der Waals surface area contributed by atoms with Gasteiger partial charge in [0.2, 0.25) is 0 Å². The fourth-order valence-corrected chi connectivity index (χ4v) is 3.57. The molecule has 4 heteroatoms. The molecule has 1 aromatic carbocycles. The molecule has 1 saturated heterocycles. The fourth-order valence-electron chi connectivity index (χ4n) is 2.09. The molecule has 2 unspecified atom stereocenters. The molecule has 88 valence electrons. The van der Waals surface area contributed by atoms with Gasteiger partial charge < -0.3 is 5.11 Å². The van der Waals surface area contributed by atoms with Gasteiger partial charge >= 0.3 is 0 Å².